The summed E-state index contributed by atoms with van der Waals surface area (Å²) in [7, 11) is -1.06. The van der Waals surface area contributed by atoms with Gasteiger partial charge in [-0.3, -0.25) is 0 Å². The second-order valence-corrected chi connectivity index (χ2v) is 6.22. The van der Waals surface area contributed by atoms with Gasteiger partial charge in [-0.1, -0.05) is 23.2 Å². The molecule has 112 valence electrons. The number of rotatable bonds is 6. The zero-order valence-electron chi connectivity index (χ0n) is 11.2. The molecule has 5 nitrogen and oxygen atoms in total. The molecule has 0 aliphatic rings. The molecule has 0 fully saturated rings. The minimum absolute atomic E-state index is 0.0609. The van der Waals surface area contributed by atoms with Crippen molar-refractivity contribution >= 4 is 45.1 Å². The Hall–Kier alpha value is -1.26. The van der Waals surface area contributed by atoms with Crippen molar-refractivity contribution in [3.05, 3.63) is 28.4 Å². The number of benzene rings is 1. The molecule has 8 heteroatoms. The zero-order valence-corrected chi connectivity index (χ0v) is 13.6. The third kappa shape index (κ3) is 3.69. The SMILES string of the molecule is CS(=O)NCCn1ccc2c(OCC#N)cc(Cl)c(Cl)c21. The first kappa shape index (κ1) is 16.1. The van der Waals surface area contributed by atoms with Crippen molar-refractivity contribution in [2.75, 3.05) is 19.4 Å². The third-order valence-corrected chi connectivity index (χ3v) is 4.24. The lowest BCUT2D eigenvalue weighted by Crippen LogP contribution is -2.20. The number of fused-ring (bicyclic) bond motifs is 1. The van der Waals surface area contributed by atoms with Crippen molar-refractivity contribution in [2.24, 2.45) is 0 Å². The van der Waals surface area contributed by atoms with Crippen LogP contribution in [0.5, 0.6) is 5.75 Å². The van der Waals surface area contributed by atoms with Crippen LogP contribution in [0.2, 0.25) is 10.0 Å². The molecule has 21 heavy (non-hydrogen) atoms. The van der Waals surface area contributed by atoms with Gasteiger partial charge in [0.15, 0.2) is 6.61 Å². The van der Waals surface area contributed by atoms with E-state index in [1.54, 1.807) is 12.3 Å². The molecule has 1 unspecified atom stereocenters. The Kier molecular flexibility index (Phi) is 5.48. The molecule has 1 N–H and O–H groups in total. The Balaban J connectivity index is 2.38. The zero-order chi connectivity index (χ0) is 15.4. The number of hydrogen-bond acceptors (Lipinski definition) is 3. The Morgan fingerprint density at radius 1 is 1.52 bits per heavy atom. The second-order valence-electron chi connectivity index (χ2n) is 4.24. The van der Waals surface area contributed by atoms with E-state index in [1.165, 1.54) is 0 Å². The summed E-state index contributed by atoms with van der Waals surface area (Å²) in [6, 6.07) is 5.38. The van der Waals surface area contributed by atoms with E-state index in [-0.39, 0.29) is 6.61 Å². The molecule has 0 aliphatic heterocycles. The molecule has 0 bridgehead atoms. The van der Waals surface area contributed by atoms with Crippen LogP contribution in [0.3, 0.4) is 0 Å². The molecule has 0 aliphatic carbocycles. The van der Waals surface area contributed by atoms with Gasteiger partial charge in [0.1, 0.15) is 11.8 Å². The fourth-order valence-electron chi connectivity index (χ4n) is 2.01. The van der Waals surface area contributed by atoms with E-state index in [2.05, 4.69) is 4.72 Å². The quantitative estimate of drug-likeness (QED) is 0.875. The standard InChI is InChI=1S/C13H13Cl2N3O2S/c1-21(19)17-4-6-18-5-2-9-11(20-7-3-16)8-10(14)12(15)13(9)18/h2,5,8,17H,4,6-7H2,1H3. The van der Waals surface area contributed by atoms with E-state index >= 15 is 0 Å². The summed E-state index contributed by atoms with van der Waals surface area (Å²) in [5.41, 5.74) is 0.737. The van der Waals surface area contributed by atoms with Crippen molar-refractivity contribution in [3.8, 4) is 11.8 Å². The molecule has 0 saturated carbocycles. The van der Waals surface area contributed by atoms with Gasteiger partial charge < -0.3 is 9.30 Å². The van der Waals surface area contributed by atoms with Gasteiger partial charge in [0.25, 0.3) is 0 Å². The first-order valence-corrected chi connectivity index (χ1v) is 8.39. The first-order chi connectivity index (χ1) is 10.0. The van der Waals surface area contributed by atoms with Gasteiger partial charge in [-0.25, -0.2) is 8.93 Å². The number of halogens is 2. The molecule has 2 rings (SSSR count). The van der Waals surface area contributed by atoms with Crippen molar-refractivity contribution in [1.29, 1.82) is 5.26 Å². The van der Waals surface area contributed by atoms with Gasteiger partial charge in [-0.2, -0.15) is 5.26 Å². The van der Waals surface area contributed by atoms with Crippen LogP contribution in [0.25, 0.3) is 10.9 Å². The molecular formula is C13H13Cl2N3O2S. The highest BCUT2D eigenvalue weighted by molar-refractivity contribution is 7.82. The van der Waals surface area contributed by atoms with E-state index < -0.39 is 11.0 Å². The highest BCUT2D eigenvalue weighted by atomic mass is 35.5. The van der Waals surface area contributed by atoms with E-state index in [0.29, 0.717) is 28.9 Å². The molecule has 2 aromatic rings. The summed E-state index contributed by atoms with van der Waals surface area (Å²) in [5.74, 6) is 0.520. The molecule has 1 atom stereocenters. The van der Waals surface area contributed by atoms with Crippen LogP contribution in [-0.2, 0) is 17.5 Å². The van der Waals surface area contributed by atoms with Gasteiger partial charge in [0.2, 0.25) is 0 Å². The summed E-state index contributed by atoms with van der Waals surface area (Å²) < 4.78 is 21.1. The number of nitrogens with one attached hydrogen (secondary N) is 1. The summed E-state index contributed by atoms with van der Waals surface area (Å²) >= 11 is 12.4. The molecule has 0 spiro atoms. The molecule has 1 aromatic heterocycles. The second kappa shape index (κ2) is 7.14. The lowest BCUT2D eigenvalue weighted by Gasteiger charge is -2.10. The van der Waals surface area contributed by atoms with Gasteiger partial charge in [0.05, 0.1) is 26.5 Å². The maximum Gasteiger partial charge on any atom is 0.174 e. The lowest BCUT2D eigenvalue weighted by molar-refractivity contribution is 0.372. The highest BCUT2D eigenvalue weighted by Crippen LogP contribution is 2.38. The van der Waals surface area contributed by atoms with Gasteiger partial charge in [0, 0.05) is 37.0 Å². The largest absolute Gasteiger partial charge is 0.478 e. The van der Waals surface area contributed by atoms with Crippen LogP contribution >= 0.6 is 23.2 Å². The number of ether oxygens (including phenoxy) is 1. The fraction of sp³-hybridized carbons (Fsp3) is 0.308. The van der Waals surface area contributed by atoms with Crippen molar-refractivity contribution in [2.45, 2.75) is 6.54 Å². The average Bonchev–Trinajstić information content (AvgIpc) is 2.85. The summed E-state index contributed by atoms with van der Waals surface area (Å²) in [5, 5.41) is 10.2. The van der Waals surface area contributed by atoms with Crippen molar-refractivity contribution in [1.82, 2.24) is 9.29 Å². The lowest BCUT2D eigenvalue weighted by atomic mass is 10.2. The molecule has 0 amide bonds. The van der Waals surface area contributed by atoms with E-state index in [1.807, 2.05) is 22.9 Å². The first-order valence-electron chi connectivity index (χ1n) is 6.08. The van der Waals surface area contributed by atoms with E-state index in [0.717, 1.165) is 10.9 Å². The normalized spacial score (nSPS) is 12.3. The van der Waals surface area contributed by atoms with Crippen molar-refractivity contribution in [3.63, 3.8) is 0 Å². The van der Waals surface area contributed by atoms with Crippen LogP contribution in [0.1, 0.15) is 0 Å². The van der Waals surface area contributed by atoms with E-state index in [9.17, 15) is 4.21 Å². The third-order valence-electron chi connectivity index (χ3n) is 2.85. The van der Waals surface area contributed by atoms with Crippen LogP contribution in [0, 0.1) is 11.3 Å². The topological polar surface area (TPSA) is 67.1 Å². The predicted molar refractivity (Wildman–Crippen MR) is 85.1 cm³/mol. The Labute approximate surface area is 135 Å². The highest BCUT2D eigenvalue weighted by Gasteiger charge is 2.14. The molecule has 1 heterocycles. The number of nitrogens with zero attached hydrogens (tertiary/aromatic N) is 2. The van der Waals surface area contributed by atoms with Crippen molar-refractivity contribution < 1.29 is 8.95 Å². The van der Waals surface area contributed by atoms with Gasteiger partial charge in [-0.05, 0) is 6.07 Å². The molecule has 0 radical (unpaired) electrons. The summed E-state index contributed by atoms with van der Waals surface area (Å²) in [6.07, 6.45) is 3.43. The molecular weight excluding hydrogens is 333 g/mol. The minimum atomic E-state index is -1.06. The van der Waals surface area contributed by atoms with Crippen LogP contribution in [0.15, 0.2) is 18.3 Å². The minimum Gasteiger partial charge on any atom is -0.478 e. The Bertz CT molecular complexity index is 724. The monoisotopic (exact) mass is 345 g/mol. The number of hydrogen-bond donors (Lipinski definition) is 1. The fourth-order valence-corrected chi connectivity index (χ4v) is 2.84. The maximum atomic E-state index is 11.0. The summed E-state index contributed by atoms with van der Waals surface area (Å²) in [4.78, 5) is 0. The van der Waals surface area contributed by atoms with Gasteiger partial charge >= 0.3 is 0 Å². The Morgan fingerprint density at radius 3 is 2.95 bits per heavy atom. The molecule has 0 saturated heterocycles. The van der Waals surface area contributed by atoms with Crippen LogP contribution < -0.4 is 9.46 Å². The number of aromatic nitrogens is 1. The molecule has 1 aromatic carbocycles. The predicted octanol–water partition coefficient (Wildman–Crippen LogP) is 2.73. The summed E-state index contributed by atoms with van der Waals surface area (Å²) in [6.45, 7) is 1.06. The van der Waals surface area contributed by atoms with Crippen LogP contribution in [0.4, 0.5) is 0 Å². The number of nitriles is 1. The van der Waals surface area contributed by atoms with Crippen LogP contribution in [-0.4, -0.2) is 28.2 Å². The average molecular weight is 346 g/mol. The Morgan fingerprint density at radius 2 is 2.29 bits per heavy atom. The maximum absolute atomic E-state index is 11.0. The van der Waals surface area contributed by atoms with E-state index in [4.69, 9.17) is 33.2 Å². The smallest absolute Gasteiger partial charge is 0.174 e. The van der Waals surface area contributed by atoms with Gasteiger partial charge in [-0.15, -0.1) is 0 Å².